The summed E-state index contributed by atoms with van der Waals surface area (Å²) in [6.45, 7) is 0. The topological polar surface area (TPSA) is 128 Å². The van der Waals surface area contributed by atoms with Crippen molar-refractivity contribution in [2.45, 2.75) is 4.90 Å². The largest absolute Gasteiger partial charge is 0.495 e. The van der Waals surface area contributed by atoms with E-state index in [1.54, 1.807) is 0 Å². The number of carbonyl (C=O) groups excluding carboxylic acids is 1. The van der Waals surface area contributed by atoms with Crippen LogP contribution in [0.4, 0.5) is 25.8 Å². The number of non-ortho nitro benzene ring substituents is 1. The van der Waals surface area contributed by atoms with Crippen molar-refractivity contribution in [3.8, 4) is 5.75 Å². The predicted octanol–water partition coefficient (Wildman–Crippen LogP) is 3.93. The van der Waals surface area contributed by atoms with Crippen molar-refractivity contribution in [3.63, 3.8) is 0 Å². The summed E-state index contributed by atoms with van der Waals surface area (Å²) >= 11 is 0. The predicted molar refractivity (Wildman–Crippen MR) is 111 cm³/mol. The molecule has 0 aliphatic heterocycles. The molecule has 0 saturated carbocycles. The lowest BCUT2D eigenvalue weighted by Crippen LogP contribution is -2.15. The summed E-state index contributed by atoms with van der Waals surface area (Å²) < 4.78 is 58.3. The van der Waals surface area contributed by atoms with E-state index in [1.165, 1.54) is 43.5 Å². The standard InChI is InChI=1S/C20H15F2N3O6S/c1-31-19-9-6-14(25(27)28)10-18(19)23-20(26)12-2-4-13(5-3-12)24-32(29,30)15-7-8-16(21)17(22)11-15/h2-11,24H,1H3,(H,23,26). The first-order valence-corrected chi connectivity index (χ1v) is 10.3. The van der Waals surface area contributed by atoms with Gasteiger partial charge in [-0.25, -0.2) is 17.2 Å². The molecule has 0 bridgehead atoms. The molecule has 0 unspecified atom stereocenters. The molecular formula is C20H15F2N3O6S. The highest BCUT2D eigenvalue weighted by Gasteiger charge is 2.18. The van der Waals surface area contributed by atoms with Gasteiger partial charge in [-0.15, -0.1) is 0 Å². The molecule has 0 atom stereocenters. The Bertz CT molecular complexity index is 1300. The van der Waals surface area contributed by atoms with E-state index in [1.807, 2.05) is 0 Å². The van der Waals surface area contributed by atoms with Crippen LogP contribution in [0.15, 0.2) is 65.6 Å². The van der Waals surface area contributed by atoms with E-state index in [2.05, 4.69) is 10.0 Å². The van der Waals surface area contributed by atoms with Gasteiger partial charge in [0.2, 0.25) is 0 Å². The third-order valence-corrected chi connectivity index (χ3v) is 5.62. The van der Waals surface area contributed by atoms with Crippen LogP contribution in [0.1, 0.15) is 10.4 Å². The summed E-state index contributed by atoms with van der Waals surface area (Å²) in [4.78, 5) is 22.4. The number of ether oxygens (including phenoxy) is 1. The number of amides is 1. The second-order valence-corrected chi connectivity index (χ2v) is 8.04. The minimum atomic E-state index is -4.19. The summed E-state index contributed by atoms with van der Waals surface area (Å²) in [5.41, 5.74) is 0.0199. The van der Waals surface area contributed by atoms with E-state index in [9.17, 15) is 32.1 Å². The third-order valence-electron chi connectivity index (χ3n) is 4.24. The van der Waals surface area contributed by atoms with Crippen LogP contribution in [0.2, 0.25) is 0 Å². The maximum atomic E-state index is 13.3. The van der Waals surface area contributed by atoms with Gasteiger partial charge in [-0.3, -0.25) is 19.6 Å². The lowest BCUT2D eigenvalue weighted by atomic mass is 10.2. The minimum absolute atomic E-state index is 0.0687. The van der Waals surface area contributed by atoms with E-state index in [4.69, 9.17) is 4.74 Å². The van der Waals surface area contributed by atoms with Crippen LogP contribution in [0.25, 0.3) is 0 Å². The molecule has 1 amide bonds. The van der Waals surface area contributed by atoms with E-state index >= 15 is 0 Å². The molecule has 0 heterocycles. The van der Waals surface area contributed by atoms with Gasteiger partial charge in [0.05, 0.1) is 22.6 Å². The first-order chi connectivity index (χ1) is 15.1. The summed E-state index contributed by atoms with van der Waals surface area (Å²) in [6.07, 6.45) is 0. The van der Waals surface area contributed by atoms with Crippen molar-refractivity contribution >= 4 is 33.0 Å². The average Bonchev–Trinajstić information content (AvgIpc) is 2.75. The van der Waals surface area contributed by atoms with Crippen LogP contribution in [0.3, 0.4) is 0 Å². The van der Waals surface area contributed by atoms with Gasteiger partial charge in [-0.2, -0.15) is 0 Å². The Morgan fingerprint density at radius 1 is 1.00 bits per heavy atom. The fourth-order valence-corrected chi connectivity index (χ4v) is 3.72. The van der Waals surface area contributed by atoms with Crippen LogP contribution in [0, 0.1) is 21.7 Å². The number of nitro groups is 1. The van der Waals surface area contributed by atoms with Crippen molar-refractivity contribution in [2.24, 2.45) is 0 Å². The van der Waals surface area contributed by atoms with Crippen LogP contribution in [0.5, 0.6) is 5.75 Å². The molecule has 0 aliphatic rings. The molecule has 3 rings (SSSR count). The van der Waals surface area contributed by atoms with Gasteiger partial charge in [0.15, 0.2) is 11.6 Å². The van der Waals surface area contributed by atoms with Crippen molar-refractivity contribution in [1.82, 2.24) is 0 Å². The lowest BCUT2D eigenvalue weighted by molar-refractivity contribution is -0.384. The molecule has 2 N–H and O–H groups in total. The number of methoxy groups -OCH3 is 1. The molecule has 0 saturated heterocycles. The smallest absolute Gasteiger partial charge is 0.271 e. The molecule has 0 aromatic heterocycles. The van der Waals surface area contributed by atoms with Crippen molar-refractivity contribution < 1.29 is 31.7 Å². The van der Waals surface area contributed by atoms with Gasteiger partial charge in [-0.1, -0.05) is 0 Å². The highest BCUT2D eigenvalue weighted by molar-refractivity contribution is 7.92. The van der Waals surface area contributed by atoms with E-state index in [-0.39, 0.29) is 28.4 Å². The number of hydrogen-bond acceptors (Lipinski definition) is 6. The SMILES string of the molecule is COc1ccc([N+](=O)[O-])cc1NC(=O)c1ccc(NS(=O)(=O)c2ccc(F)c(F)c2)cc1. The Morgan fingerprint density at radius 3 is 2.28 bits per heavy atom. The number of sulfonamides is 1. The quantitative estimate of drug-likeness (QED) is 0.404. The Hall–Kier alpha value is -4.06. The van der Waals surface area contributed by atoms with Gasteiger partial charge in [0.25, 0.3) is 21.6 Å². The molecule has 0 spiro atoms. The summed E-state index contributed by atoms with van der Waals surface area (Å²) in [6, 6.07) is 11.0. The molecule has 12 heteroatoms. The van der Waals surface area contributed by atoms with Crippen LogP contribution >= 0.6 is 0 Å². The Morgan fingerprint density at radius 2 is 1.69 bits per heavy atom. The number of nitrogens with zero attached hydrogens (tertiary/aromatic N) is 1. The highest BCUT2D eigenvalue weighted by Crippen LogP contribution is 2.29. The number of rotatable bonds is 7. The molecule has 9 nitrogen and oxygen atoms in total. The maximum Gasteiger partial charge on any atom is 0.271 e. The number of anilines is 2. The Kier molecular flexibility index (Phi) is 6.35. The first-order valence-electron chi connectivity index (χ1n) is 8.82. The zero-order valence-electron chi connectivity index (χ0n) is 16.3. The van der Waals surface area contributed by atoms with E-state index < -0.39 is 37.4 Å². The van der Waals surface area contributed by atoms with Crippen molar-refractivity contribution in [2.75, 3.05) is 17.1 Å². The maximum absolute atomic E-state index is 13.3. The minimum Gasteiger partial charge on any atom is -0.495 e. The zero-order chi connectivity index (χ0) is 23.5. The van der Waals surface area contributed by atoms with Crippen LogP contribution in [-0.2, 0) is 10.0 Å². The number of halogens is 2. The number of nitro benzene ring substituents is 1. The van der Waals surface area contributed by atoms with E-state index in [0.717, 1.165) is 12.1 Å². The molecule has 0 fully saturated rings. The average molecular weight is 463 g/mol. The summed E-state index contributed by atoms with van der Waals surface area (Å²) in [5.74, 6) is -2.91. The van der Waals surface area contributed by atoms with Crippen LogP contribution in [-0.4, -0.2) is 26.4 Å². The van der Waals surface area contributed by atoms with Crippen LogP contribution < -0.4 is 14.8 Å². The molecule has 32 heavy (non-hydrogen) atoms. The molecule has 3 aromatic rings. The van der Waals surface area contributed by atoms with Crippen molar-refractivity contribution in [3.05, 3.63) is 88.0 Å². The molecular weight excluding hydrogens is 448 g/mol. The Labute approximate surface area is 180 Å². The second-order valence-electron chi connectivity index (χ2n) is 6.35. The summed E-state index contributed by atoms with van der Waals surface area (Å²) in [7, 11) is -2.86. The lowest BCUT2D eigenvalue weighted by Gasteiger charge is -2.11. The number of carbonyl (C=O) groups is 1. The normalized spacial score (nSPS) is 11.0. The molecule has 0 radical (unpaired) electrons. The van der Waals surface area contributed by atoms with Gasteiger partial charge in [-0.05, 0) is 48.5 Å². The Balaban J connectivity index is 1.77. The molecule has 166 valence electrons. The number of benzene rings is 3. The molecule has 0 aliphatic carbocycles. The van der Waals surface area contributed by atoms with Gasteiger partial charge in [0.1, 0.15) is 5.75 Å². The molecule has 3 aromatic carbocycles. The van der Waals surface area contributed by atoms with Gasteiger partial charge >= 0.3 is 0 Å². The number of nitrogens with one attached hydrogen (secondary N) is 2. The zero-order valence-corrected chi connectivity index (χ0v) is 17.2. The first kappa shape index (κ1) is 22.6. The van der Waals surface area contributed by atoms with Gasteiger partial charge in [0, 0.05) is 23.4 Å². The number of hydrogen-bond donors (Lipinski definition) is 2. The third kappa shape index (κ3) is 4.98. The second kappa shape index (κ2) is 8.98. The fraction of sp³-hybridized carbons (Fsp3) is 0.0500. The summed E-state index contributed by atoms with van der Waals surface area (Å²) in [5, 5.41) is 13.4. The fourth-order valence-electron chi connectivity index (χ4n) is 2.65. The van der Waals surface area contributed by atoms with Crippen molar-refractivity contribution in [1.29, 1.82) is 0 Å². The highest BCUT2D eigenvalue weighted by atomic mass is 32.2. The van der Waals surface area contributed by atoms with Gasteiger partial charge < -0.3 is 10.1 Å². The van der Waals surface area contributed by atoms with E-state index in [0.29, 0.717) is 12.1 Å². The monoisotopic (exact) mass is 463 g/mol.